The van der Waals surface area contributed by atoms with E-state index in [9.17, 15) is 4.79 Å². The molecule has 0 spiro atoms. The average molecular weight is 317 g/mol. The lowest BCUT2D eigenvalue weighted by Gasteiger charge is -2.09. The molecule has 1 aliphatic rings. The molecule has 0 aromatic heterocycles. The molecule has 3 N–H and O–H groups in total. The van der Waals surface area contributed by atoms with Gasteiger partial charge in [-0.25, -0.2) is 0 Å². The van der Waals surface area contributed by atoms with Gasteiger partial charge in [-0.3, -0.25) is 4.79 Å². The lowest BCUT2D eigenvalue weighted by atomic mass is 10.0. The van der Waals surface area contributed by atoms with Gasteiger partial charge in [0.25, 0.3) is 5.91 Å². The number of nitrogens with two attached hydrogens (primary N) is 1. The van der Waals surface area contributed by atoms with Crippen LogP contribution in [-0.2, 0) is 0 Å². The summed E-state index contributed by atoms with van der Waals surface area (Å²) in [6, 6.07) is 17.2. The second-order valence-corrected chi connectivity index (χ2v) is 5.79. The zero-order chi connectivity index (χ0) is 14.9. The molecule has 0 heterocycles. The Kier molecular flexibility index (Phi) is 4.89. The number of rotatable bonds is 4. The molecule has 0 aliphatic heterocycles. The van der Waals surface area contributed by atoms with Gasteiger partial charge >= 0.3 is 0 Å². The van der Waals surface area contributed by atoms with Crippen molar-refractivity contribution in [3.63, 3.8) is 0 Å². The summed E-state index contributed by atoms with van der Waals surface area (Å²) in [5.74, 6) is 0.373. The highest BCUT2D eigenvalue weighted by atomic mass is 35.5. The van der Waals surface area contributed by atoms with E-state index < -0.39 is 0 Å². The summed E-state index contributed by atoms with van der Waals surface area (Å²) in [4.78, 5) is 12.1. The summed E-state index contributed by atoms with van der Waals surface area (Å²) in [5, 5.41) is 2.91. The molecule has 0 unspecified atom stereocenters. The third-order valence-corrected chi connectivity index (χ3v) is 4.38. The number of anilines is 1. The number of carbonyl (C=O) groups excluding carboxylic acids is 1. The van der Waals surface area contributed by atoms with E-state index in [0.29, 0.717) is 11.5 Å². The summed E-state index contributed by atoms with van der Waals surface area (Å²) in [6.45, 7) is 2.13. The van der Waals surface area contributed by atoms with Gasteiger partial charge < -0.3 is 11.1 Å². The van der Waals surface area contributed by atoms with Gasteiger partial charge in [0.1, 0.15) is 0 Å². The highest BCUT2D eigenvalue weighted by Crippen LogP contribution is 2.51. The fourth-order valence-corrected chi connectivity index (χ4v) is 2.75. The molecule has 0 bridgehead atoms. The molecule has 1 aliphatic carbocycles. The van der Waals surface area contributed by atoms with Crippen molar-refractivity contribution in [2.75, 3.05) is 5.32 Å². The Morgan fingerprint density at radius 3 is 2.36 bits per heavy atom. The Balaban J connectivity index is 0.00000176. The second-order valence-electron chi connectivity index (χ2n) is 5.79. The van der Waals surface area contributed by atoms with E-state index in [1.54, 1.807) is 12.1 Å². The predicted octanol–water partition coefficient (Wildman–Crippen LogP) is 3.96. The Morgan fingerprint density at radius 1 is 1.18 bits per heavy atom. The number of hydrogen-bond acceptors (Lipinski definition) is 2. The van der Waals surface area contributed by atoms with Crippen LogP contribution in [0.25, 0.3) is 0 Å². The fourth-order valence-electron chi connectivity index (χ4n) is 2.75. The normalized spacial score (nSPS) is 22.5. The van der Waals surface area contributed by atoms with Gasteiger partial charge in [0.2, 0.25) is 0 Å². The van der Waals surface area contributed by atoms with Crippen molar-refractivity contribution in [1.29, 1.82) is 0 Å². The summed E-state index contributed by atoms with van der Waals surface area (Å²) in [5.41, 5.74) is 8.96. The minimum atomic E-state index is -0.0866. The predicted molar refractivity (Wildman–Crippen MR) is 92.7 cm³/mol. The highest BCUT2D eigenvalue weighted by molar-refractivity contribution is 6.04. The minimum absolute atomic E-state index is 0. The van der Waals surface area contributed by atoms with Crippen LogP contribution in [-0.4, -0.2) is 11.4 Å². The first-order chi connectivity index (χ1) is 10.1. The minimum Gasteiger partial charge on any atom is -0.325 e. The SMILES string of the molecule is CC[C@]1(N)C[C@H]1c1ccc(NC(=O)c2ccccc2)cc1.Cl. The molecular formula is C18H21ClN2O. The monoisotopic (exact) mass is 316 g/mol. The number of amides is 1. The summed E-state index contributed by atoms with van der Waals surface area (Å²) >= 11 is 0. The fraction of sp³-hybridized carbons (Fsp3) is 0.278. The Morgan fingerprint density at radius 2 is 1.82 bits per heavy atom. The number of carbonyl (C=O) groups is 1. The van der Waals surface area contributed by atoms with Crippen LogP contribution in [0.5, 0.6) is 0 Å². The van der Waals surface area contributed by atoms with Crippen LogP contribution in [0, 0.1) is 0 Å². The molecule has 1 saturated carbocycles. The molecule has 0 saturated heterocycles. The second kappa shape index (κ2) is 6.51. The van der Waals surface area contributed by atoms with Crippen molar-refractivity contribution >= 4 is 24.0 Å². The molecule has 2 aromatic rings. The molecule has 0 radical (unpaired) electrons. The first-order valence-electron chi connectivity index (χ1n) is 7.37. The lowest BCUT2D eigenvalue weighted by molar-refractivity contribution is 0.102. The molecule has 4 heteroatoms. The molecule has 2 atom stereocenters. The summed E-state index contributed by atoms with van der Waals surface area (Å²) in [6.07, 6.45) is 2.06. The largest absolute Gasteiger partial charge is 0.325 e. The van der Waals surface area contributed by atoms with Crippen molar-refractivity contribution in [3.8, 4) is 0 Å². The zero-order valence-corrected chi connectivity index (χ0v) is 13.4. The van der Waals surface area contributed by atoms with Crippen molar-refractivity contribution in [2.24, 2.45) is 5.73 Å². The molecule has 3 rings (SSSR count). The van der Waals surface area contributed by atoms with E-state index in [-0.39, 0.29) is 23.9 Å². The van der Waals surface area contributed by atoms with Gasteiger partial charge in [-0.1, -0.05) is 37.3 Å². The van der Waals surface area contributed by atoms with Crippen LogP contribution < -0.4 is 11.1 Å². The Bertz CT molecular complexity index is 642. The molecule has 22 heavy (non-hydrogen) atoms. The van der Waals surface area contributed by atoms with E-state index >= 15 is 0 Å². The van der Waals surface area contributed by atoms with E-state index in [0.717, 1.165) is 18.5 Å². The standard InChI is InChI=1S/C18H20N2O.ClH/c1-2-18(19)12-16(18)13-8-10-15(11-9-13)20-17(21)14-6-4-3-5-7-14;/h3-11,16H,2,12,19H2,1H3,(H,20,21);1H/t16-,18-;/m0./s1. The Labute approximate surface area is 137 Å². The summed E-state index contributed by atoms with van der Waals surface area (Å²) in [7, 11) is 0. The van der Waals surface area contributed by atoms with Crippen LogP contribution in [0.4, 0.5) is 5.69 Å². The van der Waals surface area contributed by atoms with Crippen LogP contribution in [0.2, 0.25) is 0 Å². The Hall–Kier alpha value is -1.84. The van der Waals surface area contributed by atoms with Gasteiger partial charge in [-0.2, -0.15) is 0 Å². The lowest BCUT2D eigenvalue weighted by Crippen LogP contribution is -2.22. The maximum atomic E-state index is 12.1. The molecule has 3 nitrogen and oxygen atoms in total. The van der Waals surface area contributed by atoms with Crippen molar-refractivity contribution in [3.05, 3.63) is 65.7 Å². The van der Waals surface area contributed by atoms with Crippen LogP contribution in [0.1, 0.15) is 41.6 Å². The first kappa shape index (κ1) is 16.5. The van der Waals surface area contributed by atoms with Crippen molar-refractivity contribution in [1.82, 2.24) is 0 Å². The van der Waals surface area contributed by atoms with Gasteiger partial charge in [0, 0.05) is 22.7 Å². The van der Waals surface area contributed by atoms with Gasteiger partial charge in [-0.05, 0) is 42.7 Å². The average Bonchev–Trinajstić information content (AvgIpc) is 3.21. The summed E-state index contributed by atoms with van der Waals surface area (Å²) < 4.78 is 0. The smallest absolute Gasteiger partial charge is 0.255 e. The first-order valence-corrected chi connectivity index (χ1v) is 7.37. The quantitative estimate of drug-likeness (QED) is 0.897. The topological polar surface area (TPSA) is 55.1 Å². The van der Waals surface area contributed by atoms with E-state index in [1.807, 2.05) is 30.3 Å². The molecule has 116 valence electrons. The van der Waals surface area contributed by atoms with Crippen LogP contribution >= 0.6 is 12.4 Å². The molecule has 2 aromatic carbocycles. The van der Waals surface area contributed by atoms with Crippen LogP contribution in [0.15, 0.2) is 54.6 Å². The van der Waals surface area contributed by atoms with Gasteiger partial charge in [0.15, 0.2) is 0 Å². The van der Waals surface area contributed by atoms with Gasteiger partial charge in [-0.15, -0.1) is 12.4 Å². The zero-order valence-electron chi connectivity index (χ0n) is 12.6. The number of halogens is 1. The molecular weight excluding hydrogens is 296 g/mol. The van der Waals surface area contributed by atoms with E-state index in [2.05, 4.69) is 24.4 Å². The van der Waals surface area contributed by atoms with E-state index in [4.69, 9.17) is 5.73 Å². The molecule has 1 amide bonds. The number of hydrogen-bond donors (Lipinski definition) is 2. The van der Waals surface area contributed by atoms with E-state index in [1.165, 1.54) is 5.56 Å². The number of nitrogens with one attached hydrogen (secondary N) is 1. The highest BCUT2D eigenvalue weighted by Gasteiger charge is 2.49. The number of benzene rings is 2. The van der Waals surface area contributed by atoms with Crippen molar-refractivity contribution < 1.29 is 4.79 Å². The van der Waals surface area contributed by atoms with Gasteiger partial charge in [0.05, 0.1) is 0 Å². The maximum absolute atomic E-state index is 12.1. The van der Waals surface area contributed by atoms with Crippen molar-refractivity contribution in [2.45, 2.75) is 31.2 Å². The third-order valence-electron chi connectivity index (χ3n) is 4.38. The third kappa shape index (κ3) is 3.32. The molecule has 1 fully saturated rings. The van der Waals surface area contributed by atoms with Crippen LogP contribution in [0.3, 0.4) is 0 Å². The maximum Gasteiger partial charge on any atom is 0.255 e.